The number of ether oxygens (including phenoxy) is 1. The highest BCUT2D eigenvalue weighted by molar-refractivity contribution is 5.91. The summed E-state index contributed by atoms with van der Waals surface area (Å²) < 4.78 is 5.56. The van der Waals surface area contributed by atoms with Crippen molar-refractivity contribution in [3.05, 3.63) is 86.8 Å². The number of aromatic amines is 1. The van der Waals surface area contributed by atoms with Crippen LogP contribution in [0, 0.1) is 6.92 Å². The van der Waals surface area contributed by atoms with Crippen LogP contribution in [0.15, 0.2) is 53.3 Å². The Morgan fingerprint density at radius 3 is 2.73 bits per heavy atom. The Hall–Kier alpha value is -3.41. The summed E-state index contributed by atoms with van der Waals surface area (Å²) in [7, 11) is 0. The monoisotopic (exact) mass is 403 g/mol. The van der Waals surface area contributed by atoms with E-state index >= 15 is 0 Å². The van der Waals surface area contributed by atoms with Crippen molar-refractivity contribution in [3.63, 3.8) is 0 Å². The number of nitrogens with one attached hydrogen (secondary N) is 2. The van der Waals surface area contributed by atoms with Crippen molar-refractivity contribution < 1.29 is 9.53 Å². The number of carbonyl (C=O) groups excluding carboxylic acids is 1. The number of aromatic nitrogens is 2. The van der Waals surface area contributed by atoms with Gasteiger partial charge >= 0.3 is 0 Å². The second-order valence-electron chi connectivity index (χ2n) is 7.69. The van der Waals surface area contributed by atoms with Gasteiger partial charge in [0.1, 0.15) is 5.75 Å². The molecule has 0 aliphatic heterocycles. The molecule has 3 aromatic rings. The maximum Gasteiger partial charge on any atom is 0.267 e. The molecule has 6 heteroatoms. The van der Waals surface area contributed by atoms with Crippen LogP contribution in [0.1, 0.15) is 40.8 Å². The van der Waals surface area contributed by atoms with E-state index in [1.165, 1.54) is 0 Å². The zero-order chi connectivity index (χ0) is 20.9. The zero-order valence-electron chi connectivity index (χ0n) is 17.0. The predicted molar refractivity (Wildman–Crippen MR) is 116 cm³/mol. The predicted octanol–water partition coefficient (Wildman–Crippen LogP) is 3.57. The van der Waals surface area contributed by atoms with Gasteiger partial charge in [0.2, 0.25) is 0 Å². The minimum Gasteiger partial charge on any atom is -0.484 e. The SMILES string of the molecule is Cc1cccc(OCC(=O)Nc2cccc(Cc3n[nH]c(=O)c4c3CCCC4)c2)c1. The van der Waals surface area contributed by atoms with E-state index in [0.717, 1.165) is 53.6 Å². The van der Waals surface area contributed by atoms with Crippen LogP contribution in [0.4, 0.5) is 5.69 Å². The van der Waals surface area contributed by atoms with Crippen molar-refractivity contribution in [2.45, 2.75) is 39.0 Å². The standard InChI is InChI=1S/C24H25N3O3/c1-16-6-4-9-19(12-16)30-15-23(28)25-18-8-5-7-17(13-18)14-22-20-10-2-3-11-21(20)24(29)27-26-22/h4-9,12-13H,2-3,10-11,14-15H2,1H3,(H,25,28)(H,27,29). The van der Waals surface area contributed by atoms with E-state index in [0.29, 0.717) is 17.9 Å². The molecule has 0 saturated heterocycles. The third kappa shape index (κ3) is 4.76. The van der Waals surface area contributed by atoms with E-state index in [1.54, 1.807) is 0 Å². The lowest BCUT2D eigenvalue weighted by Gasteiger charge is -2.17. The smallest absolute Gasteiger partial charge is 0.267 e. The van der Waals surface area contributed by atoms with Crippen molar-refractivity contribution in [1.82, 2.24) is 10.2 Å². The molecule has 6 nitrogen and oxygen atoms in total. The molecule has 2 N–H and O–H groups in total. The van der Waals surface area contributed by atoms with Gasteiger partial charge in [-0.3, -0.25) is 9.59 Å². The summed E-state index contributed by atoms with van der Waals surface area (Å²) in [6.45, 7) is 1.93. The molecule has 1 aromatic heterocycles. The zero-order valence-corrected chi connectivity index (χ0v) is 17.0. The van der Waals surface area contributed by atoms with Crippen LogP contribution < -0.4 is 15.6 Å². The van der Waals surface area contributed by atoms with Crippen LogP contribution >= 0.6 is 0 Å². The number of carbonyl (C=O) groups is 1. The third-order valence-corrected chi connectivity index (χ3v) is 5.32. The normalized spacial score (nSPS) is 12.8. The molecule has 30 heavy (non-hydrogen) atoms. The van der Waals surface area contributed by atoms with Gasteiger partial charge in [0.25, 0.3) is 11.5 Å². The number of amides is 1. The summed E-state index contributed by atoms with van der Waals surface area (Å²) in [5.74, 6) is 0.459. The Balaban J connectivity index is 1.42. The van der Waals surface area contributed by atoms with Crippen LogP contribution in [0.2, 0.25) is 0 Å². The summed E-state index contributed by atoms with van der Waals surface area (Å²) in [4.78, 5) is 24.3. The van der Waals surface area contributed by atoms with Gasteiger partial charge in [-0.1, -0.05) is 24.3 Å². The molecular weight excluding hydrogens is 378 g/mol. The molecule has 1 amide bonds. The molecule has 0 radical (unpaired) electrons. The quantitative estimate of drug-likeness (QED) is 0.659. The summed E-state index contributed by atoms with van der Waals surface area (Å²) in [6.07, 6.45) is 4.46. The fourth-order valence-corrected chi connectivity index (χ4v) is 3.88. The lowest BCUT2D eigenvalue weighted by molar-refractivity contribution is -0.118. The minimum atomic E-state index is -0.215. The highest BCUT2D eigenvalue weighted by atomic mass is 16.5. The summed E-state index contributed by atoms with van der Waals surface area (Å²) >= 11 is 0. The molecule has 0 saturated carbocycles. The van der Waals surface area contributed by atoms with Gasteiger partial charge in [-0.15, -0.1) is 0 Å². The molecular formula is C24H25N3O3. The van der Waals surface area contributed by atoms with Crippen LogP contribution in [0.5, 0.6) is 5.75 Å². The highest BCUT2D eigenvalue weighted by Crippen LogP contribution is 2.23. The van der Waals surface area contributed by atoms with Crippen molar-refractivity contribution in [3.8, 4) is 5.75 Å². The van der Waals surface area contributed by atoms with Crippen LogP contribution in [-0.2, 0) is 24.1 Å². The van der Waals surface area contributed by atoms with Crippen molar-refractivity contribution in [2.75, 3.05) is 11.9 Å². The third-order valence-electron chi connectivity index (χ3n) is 5.32. The van der Waals surface area contributed by atoms with Crippen molar-refractivity contribution in [1.29, 1.82) is 0 Å². The maximum atomic E-state index is 12.3. The molecule has 0 atom stereocenters. The minimum absolute atomic E-state index is 0.0529. The number of H-pyrrole nitrogens is 1. The van der Waals surface area contributed by atoms with Gasteiger partial charge in [-0.25, -0.2) is 5.10 Å². The first kappa shape index (κ1) is 19.9. The lowest BCUT2D eigenvalue weighted by atomic mass is 9.90. The number of rotatable bonds is 6. The first-order valence-electron chi connectivity index (χ1n) is 10.3. The number of fused-ring (bicyclic) bond motifs is 1. The first-order chi connectivity index (χ1) is 14.6. The van der Waals surface area contributed by atoms with Crippen LogP contribution in [0.25, 0.3) is 0 Å². The van der Waals surface area contributed by atoms with Gasteiger partial charge in [0.05, 0.1) is 5.69 Å². The molecule has 2 aromatic carbocycles. The Bertz CT molecular complexity index is 1120. The molecule has 0 unspecified atom stereocenters. The first-order valence-corrected chi connectivity index (χ1v) is 10.3. The van der Waals surface area contributed by atoms with Crippen molar-refractivity contribution >= 4 is 11.6 Å². The molecule has 0 spiro atoms. The van der Waals surface area contributed by atoms with E-state index in [-0.39, 0.29) is 18.1 Å². The Labute approximate surface area is 175 Å². The van der Waals surface area contributed by atoms with Crippen molar-refractivity contribution in [2.24, 2.45) is 0 Å². The number of nitrogens with zero attached hydrogens (tertiary/aromatic N) is 1. The Morgan fingerprint density at radius 2 is 1.90 bits per heavy atom. The molecule has 154 valence electrons. The summed E-state index contributed by atoms with van der Waals surface area (Å²) in [5.41, 5.74) is 5.63. The molecule has 0 fully saturated rings. The highest BCUT2D eigenvalue weighted by Gasteiger charge is 2.18. The van der Waals surface area contributed by atoms with E-state index in [9.17, 15) is 9.59 Å². The average Bonchev–Trinajstić information content (AvgIpc) is 2.75. The van der Waals surface area contributed by atoms with Gasteiger partial charge in [-0.2, -0.15) is 5.10 Å². The number of benzene rings is 2. The second-order valence-corrected chi connectivity index (χ2v) is 7.69. The van der Waals surface area contributed by atoms with Gasteiger partial charge in [0, 0.05) is 17.7 Å². The molecule has 1 aliphatic carbocycles. The van der Waals surface area contributed by atoms with Gasteiger partial charge < -0.3 is 10.1 Å². The van der Waals surface area contributed by atoms with E-state index in [2.05, 4.69) is 15.5 Å². The Kier molecular flexibility index (Phi) is 5.93. The summed E-state index contributed by atoms with van der Waals surface area (Å²) in [6, 6.07) is 15.3. The largest absolute Gasteiger partial charge is 0.484 e. The fraction of sp³-hybridized carbons (Fsp3) is 0.292. The van der Waals surface area contributed by atoms with Crippen LogP contribution in [0.3, 0.4) is 0 Å². The van der Waals surface area contributed by atoms with Crippen LogP contribution in [-0.4, -0.2) is 22.7 Å². The number of hydrogen-bond acceptors (Lipinski definition) is 4. The van der Waals surface area contributed by atoms with Gasteiger partial charge in [-0.05, 0) is 73.6 Å². The molecule has 4 rings (SSSR count). The molecule has 1 aliphatic rings. The molecule has 1 heterocycles. The van der Waals surface area contributed by atoms with Gasteiger partial charge in [0.15, 0.2) is 6.61 Å². The van der Waals surface area contributed by atoms with E-state index in [1.807, 2.05) is 55.5 Å². The maximum absolute atomic E-state index is 12.3. The summed E-state index contributed by atoms with van der Waals surface area (Å²) in [5, 5.41) is 9.82. The molecule has 0 bridgehead atoms. The number of aryl methyl sites for hydroxylation is 1. The average molecular weight is 403 g/mol. The number of hydrogen-bond donors (Lipinski definition) is 2. The number of anilines is 1. The fourth-order valence-electron chi connectivity index (χ4n) is 3.88. The topological polar surface area (TPSA) is 84.1 Å². The van der Waals surface area contributed by atoms with E-state index < -0.39 is 0 Å². The Morgan fingerprint density at radius 1 is 1.10 bits per heavy atom. The second kappa shape index (κ2) is 8.95. The lowest BCUT2D eigenvalue weighted by Crippen LogP contribution is -2.23. The van der Waals surface area contributed by atoms with E-state index in [4.69, 9.17) is 4.74 Å².